The number of ether oxygens (including phenoxy) is 2. The molecule has 3 rings (SSSR count). The fourth-order valence-electron chi connectivity index (χ4n) is 2.96. The Hall–Kier alpha value is -2.66. The summed E-state index contributed by atoms with van der Waals surface area (Å²) in [5, 5.41) is 10.2. The van der Waals surface area contributed by atoms with E-state index in [2.05, 4.69) is 0 Å². The third-order valence-corrected chi connectivity index (χ3v) is 4.41. The molecule has 5 heteroatoms. The van der Waals surface area contributed by atoms with E-state index in [1.54, 1.807) is 18.2 Å². The lowest BCUT2D eigenvalue weighted by molar-refractivity contribution is -0.128. The zero-order valence-electron chi connectivity index (χ0n) is 14.0. The number of hydrogen-bond donors (Lipinski definition) is 1. The number of methoxy groups -OCH3 is 1. The Kier molecular flexibility index (Phi) is 5.14. The number of fused-ring (bicyclic) bond motifs is 1. The van der Waals surface area contributed by atoms with Crippen molar-refractivity contribution in [1.82, 2.24) is 0 Å². The molecule has 1 N–H and O–H groups in total. The van der Waals surface area contributed by atoms with Crippen LogP contribution in [0, 0.1) is 0 Å². The van der Waals surface area contributed by atoms with E-state index in [1.807, 2.05) is 30.3 Å². The fraction of sp³-hybridized carbons (Fsp3) is 0.300. The second-order valence-corrected chi connectivity index (χ2v) is 6.05. The molecule has 1 aliphatic rings. The van der Waals surface area contributed by atoms with Gasteiger partial charge in [-0.25, -0.2) is 4.79 Å². The van der Waals surface area contributed by atoms with Crippen molar-refractivity contribution in [3.63, 3.8) is 0 Å². The molecule has 1 aliphatic heterocycles. The molecule has 0 amide bonds. The molecule has 0 aliphatic carbocycles. The molecule has 2 aromatic carbocycles. The summed E-state index contributed by atoms with van der Waals surface area (Å²) in [4.78, 5) is 24.9. The summed E-state index contributed by atoms with van der Waals surface area (Å²) in [5.74, 6) is -0.180. The maximum absolute atomic E-state index is 12.7. The minimum atomic E-state index is -1.15. The predicted molar refractivity (Wildman–Crippen MR) is 91.5 cm³/mol. The Morgan fingerprint density at radius 2 is 1.84 bits per heavy atom. The van der Waals surface area contributed by atoms with Crippen LogP contribution >= 0.6 is 0 Å². The zero-order chi connectivity index (χ0) is 17.8. The highest BCUT2D eigenvalue weighted by Gasteiger charge is 2.28. The number of carbonyl (C=O) groups excluding carboxylic acids is 2. The number of cyclic esters (lactones) is 1. The molecule has 2 atom stereocenters. The number of aliphatic hydroxyl groups is 1. The number of carbonyl (C=O) groups is 2. The van der Waals surface area contributed by atoms with Crippen molar-refractivity contribution in [3.8, 4) is 5.75 Å². The van der Waals surface area contributed by atoms with Gasteiger partial charge in [0.1, 0.15) is 18.0 Å². The lowest BCUT2D eigenvalue weighted by atomic mass is 9.95. The number of hydrogen-bond acceptors (Lipinski definition) is 5. The van der Waals surface area contributed by atoms with Gasteiger partial charge in [0.05, 0.1) is 12.7 Å². The van der Waals surface area contributed by atoms with Crippen molar-refractivity contribution >= 4 is 11.8 Å². The van der Waals surface area contributed by atoms with Crippen LogP contribution < -0.4 is 4.74 Å². The largest absolute Gasteiger partial charge is 0.497 e. The lowest BCUT2D eigenvalue weighted by Gasteiger charge is -2.23. The van der Waals surface area contributed by atoms with E-state index in [0.29, 0.717) is 23.3 Å². The van der Waals surface area contributed by atoms with Gasteiger partial charge in [0.2, 0.25) is 0 Å². The van der Waals surface area contributed by atoms with Gasteiger partial charge in [0.15, 0.2) is 5.78 Å². The minimum Gasteiger partial charge on any atom is -0.497 e. The minimum absolute atomic E-state index is 0.0495. The van der Waals surface area contributed by atoms with E-state index in [9.17, 15) is 14.7 Å². The van der Waals surface area contributed by atoms with Crippen LogP contribution in [-0.4, -0.2) is 30.1 Å². The molecule has 5 nitrogen and oxygen atoms in total. The third kappa shape index (κ3) is 3.88. The van der Waals surface area contributed by atoms with Gasteiger partial charge in [-0.2, -0.15) is 0 Å². The summed E-state index contributed by atoms with van der Waals surface area (Å²) < 4.78 is 10.8. The van der Waals surface area contributed by atoms with Crippen molar-refractivity contribution in [2.75, 3.05) is 7.11 Å². The first kappa shape index (κ1) is 17.2. The van der Waals surface area contributed by atoms with Gasteiger partial charge < -0.3 is 14.6 Å². The summed E-state index contributed by atoms with van der Waals surface area (Å²) in [6.45, 7) is 0. The highest BCUT2D eigenvalue weighted by molar-refractivity contribution is 5.92. The highest BCUT2D eigenvalue weighted by Crippen LogP contribution is 2.29. The fourth-order valence-corrected chi connectivity index (χ4v) is 2.96. The Balaban J connectivity index is 2.00. The van der Waals surface area contributed by atoms with Crippen molar-refractivity contribution in [2.24, 2.45) is 0 Å². The van der Waals surface area contributed by atoms with Gasteiger partial charge >= 0.3 is 5.97 Å². The van der Waals surface area contributed by atoms with Crippen LogP contribution in [0.4, 0.5) is 0 Å². The Bertz CT molecular complexity index is 769. The Morgan fingerprint density at radius 1 is 1.08 bits per heavy atom. The Morgan fingerprint density at radius 3 is 2.56 bits per heavy atom. The van der Waals surface area contributed by atoms with Crippen LogP contribution in [0.2, 0.25) is 0 Å². The van der Waals surface area contributed by atoms with Crippen molar-refractivity contribution in [3.05, 3.63) is 65.2 Å². The number of esters is 1. The summed E-state index contributed by atoms with van der Waals surface area (Å²) in [7, 11) is 1.53. The average Bonchev–Trinajstić information content (AvgIpc) is 2.65. The second kappa shape index (κ2) is 7.49. The van der Waals surface area contributed by atoms with Crippen LogP contribution in [0.25, 0.3) is 0 Å². The predicted octanol–water partition coefficient (Wildman–Crippen LogP) is 2.86. The van der Waals surface area contributed by atoms with Crippen molar-refractivity contribution in [2.45, 2.75) is 31.5 Å². The summed E-state index contributed by atoms with van der Waals surface area (Å²) in [5.41, 5.74) is 1.84. The first-order valence-electron chi connectivity index (χ1n) is 8.22. The zero-order valence-corrected chi connectivity index (χ0v) is 14.0. The topological polar surface area (TPSA) is 72.8 Å². The number of benzene rings is 2. The van der Waals surface area contributed by atoms with Gasteiger partial charge in [-0.3, -0.25) is 4.79 Å². The average molecular weight is 340 g/mol. The molecule has 2 aromatic rings. The van der Waals surface area contributed by atoms with Gasteiger partial charge in [-0.15, -0.1) is 0 Å². The van der Waals surface area contributed by atoms with Crippen LogP contribution in [0.15, 0.2) is 48.5 Å². The summed E-state index contributed by atoms with van der Waals surface area (Å²) >= 11 is 0. The standard InChI is InChI=1S/C20H20O5/c1-24-15-9-7-13-8-10-17(21)18(22)12-19(14-5-3-2-4-6-14)25-20(23)16(13)11-15/h2-7,9,11,18-19,22H,8,10,12H2,1H3/t18-,19-/m1/s1. The molecule has 0 unspecified atom stereocenters. The molecule has 0 spiro atoms. The molecule has 0 radical (unpaired) electrons. The third-order valence-electron chi connectivity index (χ3n) is 4.41. The monoisotopic (exact) mass is 340 g/mol. The van der Waals surface area contributed by atoms with Crippen molar-refractivity contribution in [1.29, 1.82) is 0 Å². The molecular formula is C20H20O5. The van der Waals surface area contributed by atoms with Gasteiger partial charge in [-0.05, 0) is 29.7 Å². The second-order valence-electron chi connectivity index (χ2n) is 6.05. The molecule has 0 bridgehead atoms. The van der Waals surface area contributed by atoms with E-state index in [4.69, 9.17) is 9.47 Å². The van der Waals surface area contributed by atoms with E-state index in [-0.39, 0.29) is 18.6 Å². The first-order valence-corrected chi connectivity index (χ1v) is 8.22. The molecule has 1 heterocycles. The van der Waals surface area contributed by atoms with Crippen LogP contribution in [0.5, 0.6) is 5.75 Å². The smallest absolute Gasteiger partial charge is 0.339 e. The van der Waals surface area contributed by atoms with Crippen molar-refractivity contribution < 1.29 is 24.2 Å². The van der Waals surface area contributed by atoms with Gasteiger partial charge in [0.25, 0.3) is 0 Å². The molecule has 0 aromatic heterocycles. The van der Waals surface area contributed by atoms with E-state index in [1.165, 1.54) is 7.11 Å². The van der Waals surface area contributed by atoms with E-state index < -0.39 is 18.2 Å². The number of ketones is 1. The van der Waals surface area contributed by atoms with Crippen LogP contribution in [-0.2, 0) is 16.0 Å². The van der Waals surface area contributed by atoms with Gasteiger partial charge in [-0.1, -0.05) is 36.4 Å². The summed E-state index contributed by atoms with van der Waals surface area (Å²) in [6, 6.07) is 14.3. The molecule has 25 heavy (non-hydrogen) atoms. The lowest BCUT2D eigenvalue weighted by Crippen LogP contribution is -2.27. The number of aliphatic hydroxyl groups excluding tert-OH is 1. The van der Waals surface area contributed by atoms with Gasteiger partial charge in [0, 0.05) is 12.8 Å². The quantitative estimate of drug-likeness (QED) is 0.851. The normalized spacial score (nSPS) is 21.2. The number of Topliss-reactive ketones (excluding diaryl/α,β-unsaturated/α-hetero) is 1. The highest BCUT2D eigenvalue weighted by atomic mass is 16.5. The number of aryl methyl sites for hydroxylation is 1. The van der Waals surface area contributed by atoms with Crippen LogP contribution in [0.1, 0.15) is 40.4 Å². The molecule has 130 valence electrons. The summed E-state index contributed by atoms with van der Waals surface area (Å²) in [6.07, 6.45) is -1.24. The van der Waals surface area contributed by atoms with E-state index >= 15 is 0 Å². The number of rotatable bonds is 2. The first-order chi connectivity index (χ1) is 12.1. The van der Waals surface area contributed by atoms with E-state index in [0.717, 1.165) is 5.56 Å². The molecular weight excluding hydrogens is 320 g/mol. The van der Waals surface area contributed by atoms with Crippen LogP contribution in [0.3, 0.4) is 0 Å². The Labute approximate surface area is 146 Å². The molecule has 0 fully saturated rings. The maximum Gasteiger partial charge on any atom is 0.339 e. The maximum atomic E-state index is 12.7. The molecule has 0 saturated heterocycles. The SMILES string of the molecule is COc1ccc2c(c1)C(=O)O[C@@H](c1ccccc1)C[C@@H](O)C(=O)CC2. The molecule has 0 saturated carbocycles.